The van der Waals surface area contributed by atoms with Crippen molar-refractivity contribution in [3.05, 3.63) is 66.1 Å². The van der Waals surface area contributed by atoms with E-state index in [1.807, 2.05) is 25.4 Å². The highest BCUT2D eigenvalue weighted by Gasteiger charge is 2.22. The van der Waals surface area contributed by atoms with E-state index in [9.17, 15) is 4.39 Å². The van der Waals surface area contributed by atoms with Gasteiger partial charge in [-0.1, -0.05) is 35.6 Å². The maximum Gasteiger partial charge on any atom is 0.186 e. The molecule has 1 aliphatic rings. The lowest BCUT2D eigenvalue weighted by Gasteiger charge is -2.34. The Labute approximate surface area is 173 Å². The Hall–Kier alpha value is -2.77. The van der Waals surface area contributed by atoms with Crippen LogP contribution in [0.1, 0.15) is 5.56 Å². The number of anilines is 1. The molecule has 0 atom stereocenters. The van der Waals surface area contributed by atoms with E-state index in [4.69, 9.17) is 4.98 Å². The minimum absolute atomic E-state index is 0.229. The molecule has 2 aromatic carbocycles. The van der Waals surface area contributed by atoms with Gasteiger partial charge in [0.25, 0.3) is 0 Å². The third kappa shape index (κ3) is 3.63. The third-order valence-electron chi connectivity index (χ3n) is 5.35. The lowest BCUT2D eigenvalue weighted by molar-refractivity contribution is 0.250. The Morgan fingerprint density at radius 2 is 1.76 bits per heavy atom. The van der Waals surface area contributed by atoms with Gasteiger partial charge in [0.15, 0.2) is 5.13 Å². The fourth-order valence-electron chi connectivity index (χ4n) is 3.87. The van der Waals surface area contributed by atoms with Crippen molar-refractivity contribution in [2.45, 2.75) is 6.54 Å². The summed E-state index contributed by atoms with van der Waals surface area (Å²) in [7, 11) is 1.89. The second-order valence-corrected chi connectivity index (χ2v) is 8.39. The van der Waals surface area contributed by atoms with Crippen molar-refractivity contribution >= 4 is 26.7 Å². The first kappa shape index (κ1) is 18.3. The van der Waals surface area contributed by atoms with E-state index >= 15 is 0 Å². The van der Waals surface area contributed by atoms with Gasteiger partial charge in [-0.2, -0.15) is 5.10 Å². The maximum absolute atomic E-state index is 14.3. The van der Waals surface area contributed by atoms with Gasteiger partial charge in [-0.3, -0.25) is 9.58 Å². The number of para-hydroxylation sites is 1. The molecule has 0 radical (unpaired) electrons. The number of hydrogen-bond acceptors (Lipinski definition) is 5. The zero-order valence-corrected chi connectivity index (χ0v) is 17.1. The highest BCUT2D eigenvalue weighted by molar-refractivity contribution is 7.22. The molecule has 1 fully saturated rings. The number of piperazine rings is 1. The van der Waals surface area contributed by atoms with Crippen LogP contribution in [0.25, 0.3) is 21.5 Å². The molecule has 1 aliphatic heterocycles. The molecule has 2 aromatic heterocycles. The molecular formula is C22H22FN5S. The van der Waals surface area contributed by atoms with Crippen molar-refractivity contribution in [2.75, 3.05) is 31.1 Å². The van der Waals surface area contributed by atoms with Crippen LogP contribution >= 0.6 is 11.3 Å². The van der Waals surface area contributed by atoms with Crippen LogP contribution in [0.5, 0.6) is 0 Å². The van der Waals surface area contributed by atoms with Gasteiger partial charge in [0.1, 0.15) is 5.82 Å². The lowest BCUT2D eigenvalue weighted by Crippen LogP contribution is -2.45. The van der Waals surface area contributed by atoms with Crippen LogP contribution in [0.4, 0.5) is 9.52 Å². The highest BCUT2D eigenvalue weighted by Crippen LogP contribution is 2.30. The van der Waals surface area contributed by atoms with Crippen molar-refractivity contribution in [3.8, 4) is 11.3 Å². The Bertz CT molecular complexity index is 1110. The first-order chi connectivity index (χ1) is 14.2. The van der Waals surface area contributed by atoms with E-state index in [0.717, 1.165) is 54.6 Å². The molecule has 0 aliphatic carbocycles. The van der Waals surface area contributed by atoms with E-state index in [1.54, 1.807) is 28.2 Å². The van der Waals surface area contributed by atoms with Gasteiger partial charge in [0.2, 0.25) is 0 Å². The number of aryl methyl sites for hydroxylation is 1. The second-order valence-electron chi connectivity index (χ2n) is 7.38. The molecule has 0 amide bonds. The molecule has 7 heteroatoms. The fourth-order valence-corrected chi connectivity index (χ4v) is 4.88. The summed E-state index contributed by atoms with van der Waals surface area (Å²) in [6, 6.07) is 15.1. The molecule has 0 unspecified atom stereocenters. The molecule has 0 N–H and O–H groups in total. The van der Waals surface area contributed by atoms with Gasteiger partial charge < -0.3 is 4.90 Å². The van der Waals surface area contributed by atoms with Crippen molar-refractivity contribution in [2.24, 2.45) is 7.05 Å². The number of thiazole rings is 1. The van der Waals surface area contributed by atoms with E-state index in [2.05, 4.69) is 33.1 Å². The summed E-state index contributed by atoms with van der Waals surface area (Å²) in [5, 5.41) is 5.62. The average Bonchev–Trinajstić information content (AvgIpc) is 3.32. The average molecular weight is 408 g/mol. The van der Waals surface area contributed by atoms with Crippen LogP contribution in [0.3, 0.4) is 0 Å². The Morgan fingerprint density at radius 1 is 1.00 bits per heavy atom. The molecule has 0 spiro atoms. The quantitative estimate of drug-likeness (QED) is 0.509. The lowest BCUT2D eigenvalue weighted by atomic mass is 10.1. The van der Waals surface area contributed by atoms with Gasteiger partial charge in [-0.05, 0) is 24.3 Å². The van der Waals surface area contributed by atoms with Crippen molar-refractivity contribution < 1.29 is 4.39 Å². The predicted molar refractivity (Wildman–Crippen MR) is 116 cm³/mol. The normalized spacial score (nSPS) is 15.3. The number of nitrogens with zero attached hydrogens (tertiary/aromatic N) is 5. The number of fused-ring (bicyclic) bond motifs is 1. The summed E-state index contributed by atoms with van der Waals surface area (Å²) in [5.41, 5.74) is 3.43. The van der Waals surface area contributed by atoms with Crippen molar-refractivity contribution in [1.29, 1.82) is 0 Å². The summed E-state index contributed by atoms with van der Waals surface area (Å²) in [6.07, 6.45) is 2.00. The predicted octanol–water partition coefficient (Wildman–Crippen LogP) is 4.16. The van der Waals surface area contributed by atoms with Crippen LogP contribution in [0.2, 0.25) is 0 Å². The number of hydrogen-bond donors (Lipinski definition) is 0. The van der Waals surface area contributed by atoms with Crippen LogP contribution < -0.4 is 4.90 Å². The van der Waals surface area contributed by atoms with Crippen molar-refractivity contribution in [3.63, 3.8) is 0 Å². The van der Waals surface area contributed by atoms with Crippen LogP contribution in [-0.4, -0.2) is 45.8 Å². The Kier molecular flexibility index (Phi) is 4.77. The first-order valence-electron chi connectivity index (χ1n) is 9.78. The zero-order valence-electron chi connectivity index (χ0n) is 16.3. The van der Waals surface area contributed by atoms with E-state index < -0.39 is 0 Å². The molecule has 5 nitrogen and oxygen atoms in total. The molecule has 0 saturated carbocycles. The maximum atomic E-state index is 14.3. The standard InChI is InChI=1S/C22H22FN5S/c1-26-14-16(21(25-26)17-6-2-3-7-18(17)23)15-27-10-12-28(13-11-27)22-24-19-8-4-5-9-20(19)29-22/h2-9,14H,10-13,15H2,1H3. The molecule has 4 aromatic rings. The SMILES string of the molecule is Cn1cc(CN2CCN(c3nc4ccccc4s3)CC2)c(-c2ccccc2F)n1. The third-order valence-corrected chi connectivity index (χ3v) is 6.45. The molecule has 148 valence electrons. The molecule has 0 bridgehead atoms. The number of halogens is 1. The largest absolute Gasteiger partial charge is 0.345 e. The molecule has 1 saturated heterocycles. The second kappa shape index (κ2) is 7.57. The summed E-state index contributed by atoms with van der Waals surface area (Å²) in [6.45, 7) is 4.54. The zero-order chi connectivity index (χ0) is 19.8. The van der Waals surface area contributed by atoms with Gasteiger partial charge in [0, 0.05) is 57.1 Å². The van der Waals surface area contributed by atoms with E-state index in [-0.39, 0.29) is 5.82 Å². The van der Waals surface area contributed by atoms with Gasteiger partial charge in [0.05, 0.1) is 15.9 Å². The minimum atomic E-state index is -0.229. The molecular weight excluding hydrogens is 385 g/mol. The Morgan fingerprint density at radius 3 is 2.55 bits per heavy atom. The number of rotatable bonds is 4. The van der Waals surface area contributed by atoms with Crippen LogP contribution in [0.15, 0.2) is 54.7 Å². The monoisotopic (exact) mass is 407 g/mol. The van der Waals surface area contributed by atoms with E-state index in [0.29, 0.717) is 5.56 Å². The van der Waals surface area contributed by atoms with E-state index in [1.165, 1.54) is 10.8 Å². The topological polar surface area (TPSA) is 37.2 Å². The van der Waals surface area contributed by atoms with Crippen LogP contribution in [-0.2, 0) is 13.6 Å². The highest BCUT2D eigenvalue weighted by atomic mass is 32.1. The first-order valence-corrected chi connectivity index (χ1v) is 10.6. The summed E-state index contributed by atoms with van der Waals surface area (Å²) >= 11 is 1.75. The van der Waals surface area contributed by atoms with Crippen LogP contribution in [0, 0.1) is 5.82 Å². The van der Waals surface area contributed by atoms with Gasteiger partial charge >= 0.3 is 0 Å². The summed E-state index contributed by atoms with van der Waals surface area (Å²) in [5.74, 6) is -0.229. The smallest absolute Gasteiger partial charge is 0.186 e. The summed E-state index contributed by atoms with van der Waals surface area (Å²) < 4.78 is 17.3. The van der Waals surface area contributed by atoms with Gasteiger partial charge in [-0.25, -0.2) is 9.37 Å². The number of aromatic nitrogens is 3. The fraction of sp³-hybridized carbons (Fsp3) is 0.273. The van der Waals surface area contributed by atoms with Gasteiger partial charge in [-0.15, -0.1) is 0 Å². The molecule has 29 heavy (non-hydrogen) atoms. The minimum Gasteiger partial charge on any atom is -0.345 e. The number of benzene rings is 2. The summed E-state index contributed by atoms with van der Waals surface area (Å²) in [4.78, 5) is 9.55. The molecule has 5 rings (SSSR count). The van der Waals surface area contributed by atoms with Crippen molar-refractivity contribution in [1.82, 2.24) is 19.7 Å². The molecule has 3 heterocycles. The Balaban J connectivity index is 1.29.